The lowest BCUT2D eigenvalue weighted by Crippen LogP contribution is -2.42. The van der Waals surface area contributed by atoms with E-state index < -0.39 is 11.8 Å². The molecular formula is C23H23N5O3S2. The third-order valence-electron chi connectivity index (χ3n) is 5.12. The number of hydrogen-bond donors (Lipinski definition) is 2. The number of carbonyl (C=O) groups excluding carboxylic acids is 2. The maximum Gasteiger partial charge on any atom is 0.290 e. The Labute approximate surface area is 198 Å². The Bertz CT molecular complexity index is 1360. The van der Waals surface area contributed by atoms with Gasteiger partial charge in [0.1, 0.15) is 9.88 Å². The third-order valence-corrected chi connectivity index (χ3v) is 7.01. The Balaban J connectivity index is 1.55. The van der Waals surface area contributed by atoms with Crippen molar-refractivity contribution in [3.05, 3.63) is 67.7 Å². The second kappa shape index (κ2) is 10.1. The number of thiazole rings is 1. The first kappa shape index (κ1) is 22.8. The summed E-state index contributed by atoms with van der Waals surface area (Å²) in [5, 5.41) is 9.83. The van der Waals surface area contributed by atoms with Crippen molar-refractivity contribution in [2.24, 2.45) is 0 Å². The van der Waals surface area contributed by atoms with Crippen LogP contribution in [-0.4, -0.2) is 26.6 Å². The molecule has 33 heavy (non-hydrogen) atoms. The Morgan fingerprint density at radius 3 is 2.55 bits per heavy atom. The minimum absolute atomic E-state index is 0.0852. The molecular weight excluding hydrogens is 458 g/mol. The maximum atomic E-state index is 13.0. The number of fused-ring (bicyclic) bond motifs is 1. The number of thiophene rings is 1. The highest BCUT2D eigenvalue weighted by Gasteiger charge is 2.20. The van der Waals surface area contributed by atoms with Gasteiger partial charge in [-0.2, -0.15) is 16.4 Å². The summed E-state index contributed by atoms with van der Waals surface area (Å²) in [4.78, 5) is 43.3. The molecule has 8 nitrogen and oxygen atoms in total. The molecule has 0 atom stereocenters. The number of amides is 2. The van der Waals surface area contributed by atoms with Crippen molar-refractivity contribution >= 4 is 45.3 Å². The zero-order chi connectivity index (χ0) is 23.4. The predicted molar refractivity (Wildman–Crippen MR) is 131 cm³/mol. The van der Waals surface area contributed by atoms with Crippen LogP contribution in [0, 0.1) is 6.92 Å². The smallest absolute Gasteiger partial charge is 0.267 e. The summed E-state index contributed by atoms with van der Waals surface area (Å²) >= 11 is 2.82. The zero-order valence-corrected chi connectivity index (χ0v) is 19.9. The molecule has 0 fully saturated rings. The average molecular weight is 482 g/mol. The molecule has 0 unspecified atom stereocenters. The predicted octanol–water partition coefficient (Wildman–Crippen LogP) is 4.15. The van der Waals surface area contributed by atoms with Gasteiger partial charge in [-0.3, -0.25) is 25.2 Å². The summed E-state index contributed by atoms with van der Waals surface area (Å²) in [6.45, 7) is 4.26. The lowest BCUT2D eigenvalue weighted by atomic mass is 10.1. The quantitative estimate of drug-likeness (QED) is 0.305. The van der Waals surface area contributed by atoms with Crippen LogP contribution in [0.2, 0.25) is 0 Å². The summed E-state index contributed by atoms with van der Waals surface area (Å²) in [6, 6.07) is 8.79. The third kappa shape index (κ3) is 4.86. The number of benzene rings is 1. The largest absolute Gasteiger partial charge is 0.290 e. The standard InChI is InChI=1S/C23H23N5O3S2/c1-3-4-7-11-28-23(31)17-9-6-5-8-16(17)18(27-28)20(29)25-26-21(30)19-14(2)24-22(33-19)15-10-12-32-13-15/h5-6,8-10,12-13H,3-4,7,11H2,1-2H3,(H,25,29)(H,26,30). The van der Waals surface area contributed by atoms with Crippen molar-refractivity contribution in [1.29, 1.82) is 0 Å². The van der Waals surface area contributed by atoms with Gasteiger partial charge in [-0.05, 0) is 30.9 Å². The number of nitrogens with zero attached hydrogens (tertiary/aromatic N) is 3. The molecule has 4 rings (SSSR count). The minimum Gasteiger partial charge on any atom is -0.267 e. The van der Waals surface area contributed by atoms with Crippen LogP contribution in [0.25, 0.3) is 21.3 Å². The lowest BCUT2D eigenvalue weighted by Gasteiger charge is -2.11. The SMILES string of the molecule is CCCCCn1nc(C(=O)NNC(=O)c2sc(-c3ccsc3)nc2C)c2ccccc2c1=O. The number of nitrogens with one attached hydrogen (secondary N) is 2. The number of hydrazine groups is 1. The second-order valence-corrected chi connectivity index (χ2v) is 9.26. The molecule has 0 aliphatic heterocycles. The normalized spacial score (nSPS) is 11.0. The van der Waals surface area contributed by atoms with Crippen LogP contribution in [0.1, 0.15) is 52.0 Å². The van der Waals surface area contributed by atoms with Crippen LogP contribution in [0.3, 0.4) is 0 Å². The molecule has 2 amide bonds. The van der Waals surface area contributed by atoms with Crippen molar-refractivity contribution in [2.75, 3.05) is 0 Å². The molecule has 170 valence electrons. The van der Waals surface area contributed by atoms with E-state index in [4.69, 9.17) is 0 Å². The summed E-state index contributed by atoms with van der Waals surface area (Å²) in [5.41, 5.74) is 6.29. The van der Waals surface area contributed by atoms with Gasteiger partial charge in [0.15, 0.2) is 5.69 Å². The average Bonchev–Trinajstić information content (AvgIpc) is 3.49. The summed E-state index contributed by atoms with van der Waals surface area (Å²) in [7, 11) is 0. The van der Waals surface area contributed by atoms with Gasteiger partial charge >= 0.3 is 0 Å². The molecule has 0 saturated heterocycles. The molecule has 0 aliphatic rings. The molecule has 4 aromatic rings. The van der Waals surface area contributed by atoms with E-state index in [-0.39, 0.29) is 11.3 Å². The molecule has 2 N–H and O–H groups in total. The highest BCUT2D eigenvalue weighted by molar-refractivity contribution is 7.17. The summed E-state index contributed by atoms with van der Waals surface area (Å²) < 4.78 is 1.33. The van der Waals surface area contributed by atoms with Crippen LogP contribution in [0.4, 0.5) is 0 Å². The fourth-order valence-corrected chi connectivity index (χ4v) is 5.09. The minimum atomic E-state index is -0.594. The van der Waals surface area contributed by atoms with Gasteiger partial charge in [-0.25, -0.2) is 9.67 Å². The van der Waals surface area contributed by atoms with E-state index in [1.165, 1.54) is 16.0 Å². The van der Waals surface area contributed by atoms with E-state index in [1.54, 1.807) is 42.5 Å². The Kier molecular flexibility index (Phi) is 6.95. The van der Waals surface area contributed by atoms with Gasteiger partial charge in [0.05, 0.1) is 11.1 Å². The molecule has 3 heterocycles. The number of hydrogen-bond acceptors (Lipinski definition) is 7. The number of unbranched alkanes of at least 4 members (excludes halogenated alkanes) is 2. The van der Waals surface area contributed by atoms with Crippen LogP contribution in [-0.2, 0) is 6.54 Å². The van der Waals surface area contributed by atoms with Crippen molar-refractivity contribution in [3.8, 4) is 10.6 Å². The van der Waals surface area contributed by atoms with Crippen LogP contribution in [0.5, 0.6) is 0 Å². The Hall–Kier alpha value is -3.37. The topological polar surface area (TPSA) is 106 Å². The van der Waals surface area contributed by atoms with Gasteiger partial charge in [-0.1, -0.05) is 38.0 Å². The number of rotatable bonds is 7. The molecule has 0 radical (unpaired) electrons. The summed E-state index contributed by atoms with van der Waals surface area (Å²) in [5.74, 6) is -1.05. The number of aryl methyl sites for hydroxylation is 2. The molecule has 0 saturated carbocycles. The maximum absolute atomic E-state index is 13.0. The molecule has 0 aliphatic carbocycles. The van der Waals surface area contributed by atoms with Crippen LogP contribution in [0.15, 0.2) is 45.9 Å². The number of aromatic nitrogens is 3. The second-order valence-electron chi connectivity index (χ2n) is 7.48. The first-order chi connectivity index (χ1) is 16.0. The van der Waals surface area contributed by atoms with E-state index in [0.717, 1.165) is 29.8 Å². The van der Waals surface area contributed by atoms with E-state index in [9.17, 15) is 14.4 Å². The van der Waals surface area contributed by atoms with Crippen LogP contribution < -0.4 is 16.4 Å². The van der Waals surface area contributed by atoms with E-state index >= 15 is 0 Å². The van der Waals surface area contributed by atoms with E-state index in [1.807, 2.05) is 16.8 Å². The highest BCUT2D eigenvalue weighted by atomic mass is 32.1. The van der Waals surface area contributed by atoms with Gasteiger partial charge in [0.2, 0.25) is 0 Å². The first-order valence-corrected chi connectivity index (χ1v) is 12.4. The summed E-state index contributed by atoms with van der Waals surface area (Å²) in [6.07, 6.45) is 2.75. The molecule has 3 aromatic heterocycles. The highest BCUT2D eigenvalue weighted by Crippen LogP contribution is 2.29. The van der Waals surface area contributed by atoms with Gasteiger partial charge in [0, 0.05) is 22.9 Å². The van der Waals surface area contributed by atoms with Gasteiger partial charge in [-0.15, -0.1) is 11.3 Å². The number of carbonyl (C=O) groups is 2. The first-order valence-electron chi connectivity index (χ1n) is 10.6. The fraction of sp³-hybridized carbons (Fsp3) is 0.261. The van der Waals surface area contributed by atoms with E-state index in [2.05, 4.69) is 27.9 Å². The van der Waals surface area contributed by atoms with Crippen molar-refractivity contribution < 1.29 is 9.59 Å². The van der Waals surface area contributed by atoms with Gasteiger partial charge in [0.25, 0.3) is 17.4 Å². The molecule has 10 heteroatoms. The van der Waals surface area contributed by atoms with Crippen LogP contribution >= 0.6 is 22.7 Å². The van der Waals surface area contributed by atoms with Gasteiger partial charge < -0.3 is 0 Å². The van der Waals surface area contributed by atoms with Crippen molar-refractivity contribution in [3.63, 3.8) is 0 Å². The van der Waals surface area contributed by atoms with E-state index in [0.29, 0.717) is 27.9 Å². The monoisotopic (exact) mass is 481 g/mol. The lowest BCUT2D eigenvalue weighted by molar-refractivity contribution is 0.0845. The fourth-order valence-electron chi connectivity index (χ4n) is 3.41. The van der Waals surface area contributed by atoms with Crippen molar-refractivity contribution in [1.82, 2.24) is 25.6 Å². The Morgan fingerprint density at radius 2 is 1.82 bits per heavy atom. The molecule has 0 spiro atoms. The zero-order valence-electron chi connectivity index (χ0n) is 18.3. The Morgan fingerprint density at radius 1 is 1.06 bits per heavy atom. The van der Waals surface area contributed by atoms with Crippen molar-refractivity contribution in [2.45, 2.75) is 39.7 Å². The molecule has 1 aromatic carbocycles. The molecule has 0 bridgehead atoms.